The number of hydrogen-bond donors (Lipinski definition) is 0. The van der Waals surface area contributed by atoms with E-state index in [-0.39, 0.29) is 5.41 Å². The van der Waals surface area contributed by atoms with Gasteiger partial charge >= 0.3 is 0 Å². The molecule has 0 aliphatic heterocycles. The Bertz CT molecular complexity index is 4270. The molecule has 13 aromatic carbocycles. The number of benzene rings is 13. The van der Waals surface area contributed by atoms with Crippen LogP contribution in [0.3, 0.4) is 0 Å². The van der Waals surface area contributed by atoms with Gasteiger partial charge in [0, 0.05) is 22.4 Å². The van der Waals surface area contributed by atoms with Crippen molar-refractivity contribution in [1.29, 1.82) is 0 Å². The molecule has 0 heterocycles. The van der Waals surface area contributed by atoms with Crippen LogP contribution in [0.25, 0.3) is 99.1 Å². The van der Waals surface area contributed by atoms with E-state index in [1.165, 1.54) is 105 Å². The van der Waals surface area contributed by atoms with E-state index < -0.39 is 0 Å². The van der Waals surface area contributed by atoms with Crippen molar-refractivity contribution in [3.8, 4) is 66.8 Å². The van der Waals surface area contributed by atoms with Crippen LogP contribution in [0.5, 0.6) is 0 Å². The highest BCUT2D eigenvalue weighted by Gasteiger charge is 2.41. The van der Waals surface area contributed by atoms with Crippen LogP contribution < -0.4 is 4.90 Å². The van der Waals surface area contributed by atoms with Gasteiger partial charge in [-0.2, -0.15) is 0 Å². The zero-order valence-electron chi connectivity index (χ0n) is 41.7. The molecule has 14 rings (SSSR count). The van der Waals surface area contributed by atoms with Crippen LogP contribution in [0.4, 0.5) is 17.1 Å². The van der Waals surface area contributed by atoms with E-state index in [0.29, 0.717) is 0 Å². The second-order valence-electron chi connectivity index (χ2n) is 20.1. The zero-order valence-corrected chi connectivity index (χ0v) is 41.7. The van der Waals surface area contributed by atoms with E-state index in [9.17, 15) is 0 Å². The minimum absolute atomic E-state index is 0.301. The lowest BCUT2D eigenvalue weighted by Crippen LogP contribution is -2.22. The molecule has 352 valence electrons. The van der Waals surface area contributed by atoms with E-state index in [4.69, 9.17) is 0 Å². The average Bonchev–Trinajstić information content (AvgIpc) is 3.83. The van der Waals surface area contributed by atoms with Crippen LogP contribution in [-0.4, -0.2) is 0 Å². The summed E-state index contributed by atoms with van der Waals surface area (Å²) in [6, 6.07) is 107. The third-order valence-corrected chi connectivity index (χ3v) is 15.9. The Morgan fingerprint density at radius 3 is 1.48 bits per heavy atom. The van der Waals surface area contributed by atoms with Gasteiger partial charge in [0.25, 0.3) is 0 Å². The highest BCUT2D eigenvalue weighted by atomic mass is 15.1. The van der Waals surface area contributed by atoms with Gasteiger partial charge in [0.05, 0.1) is 5.69 Å². The highest BCUT2D eigenvalue weighted by molar-refractivity contribution is 6.22. The van der Waals surface area contributed by atoms with Gasteiger partial charge in [-0.3, -0.25) is 0 Å². The number of rotatable bonds is 9. The molecular formula is C74H51N. The molecule has 1 atom stereocenters. The maximum atomic E-state index is 2.47. The molecule has 0 saturated carbocycles. The summed E-state index contributed by atoms with van der Waals surface area (Å²) in [5.74, 6) is 0. The molecule has 0 fully saturated rings. The SMILES string of the molecule is CC1(c2ccccc2)c2ccccc2-c2cc(N(c3ccc(-c4ccc(-c5ccc6ccccc6c5)cc4)cc3)c3ccccc3-c3ccc4c(c3)c(-c3ccccc3)c(-c3ccccc3)c3ccccc34)ccc21. The van der Waals surface area contributed by atoms with E-state index >= 15 is 0 Å². The average molecular weight is 954 g/mol. The van der Waals surface area contributed by atoms with E-state index in [2.05, 4.69) is 303 Å². The van der Waals surface area contributed by atoms with E-state index in [1.807, 2.05) is 0 Å². The molecule has 0 N–H and O–H groups in total. The number of hydrogen-bond acceptors (Lipinski definition) is 1. The largest absolute Gasteiger partial charge is 0.310 e. The third kappa shape index (κ3) is 7.47. The van der Waals surface area contributed by atoms with Crippen molar-refractivity contribution in [2.24, 2.45) is 0 Å². The number of fused-ring (bicyclic) bond motifs is 7. The number of nitrogens with zero attached hydrogens (tertiary/aromatic N) is 1. The molecular weight excluding hydrogens is 903 g/mol. The standard InChI is InChI=1S/C74H51N/c1-74(59-25-9-4-10-26-59)69-31-17-15-29-65(69)67-49-61(44-46-70(67)74)75(60-42-39-52(40-43-60)51-33-35-53(36-34-51)57-38-37-50-19-11-12-24-56(50)47-57)71-32-18-16-27-62(71)58-41-45-64-63-28-13-14-30-66(63)72(54-20-5-2-6-21-54)73(68(64)48-58)55-22-7-3-8-23-55/h2-49H,1H3. The topological polar surface area (TPSA) is 3.24 Å². The fourth-order valence-electron chi connectivity index (χ4n) is 12.2. The Balaban J connectivity index is 0.942. The lowest BCUT2D eigenvalue weighted by molar-refractivity contribution is 0.714. The predicted octanol–water partition coefficient (Wildman–Crippen LogP) is 20.3. The number of anilines is 3. The summed E-state index contributed by atoms with van der Waals surface area (Å²) in [6.45, 7) is 2.39. The summed E-state index contributed by atoms with van der Waals surface area (Å²) in [6.07, 6.45) is 0. The fourth-order valence-corrected chi connectivity index (χ4v) is 12.2. The predicted molar refractivity (Wildman–Crippen MR) is 318 cm³/mol. The Kier molecular flexibility index (Phi) is 10.7. The molecule has 0 radical (unpaired) electrons. The Morgan fingerprint density at radius 2 is 0.760 bits per heavy atom. The number of para-hydroxylation sites is 1. The lowest BCUT2D eigenvalue weighted by Gasteiger charge is -2.30. The van der Waals surface area contributed by atoms with Gasteiger partial charge in [-0.05, 0) is 160 Å². The summed E-state index contributed by atoms with van der Waals surface area (Å²) in [4.78, 5) is 2.47. The molecule has 0 bridgehead atoms. The molecule has 1 aliphatic rings. The van der Waals surface area contributed by atoms with Crippen LogP contribution in [0.2, 0.25) is 0 Å². The molecule has 75 heavy (non-hydrogen) atoms. The molecule has 13 aromatic rings. The lowest BCUT2D eigenvalue weighted by atomic mass is 9.74. The van der Waals surface area contributed by atoms with Crippen LogP contribution >= 0.6 is 0 Å². The molecule has 1 heteroatoms. The fraction of sp³-hybridized carbons (Fsp3) is 0.0270. The van der Waals surface area contributed by atoms with Crippen molar-refractivity contribution in [3.63, 3.8) is 0 Å². The summed E-state index contributed by atoms with van der Waals surface area (Å²) < 4.78 is 0. The van der Waals surface area contributed by atoms with Gasteiger partial charge in [-0.15, -0.1) is 0 Å². The van der Waals surface area contributed by atoms with Crippen LogP contribution in [-0.2, 0) is 5.41 Å². The first-order chi connectivity index (χ1) is 37.1. The molecule has 0 spiro atoms. The van der Waals surface area contributed by atoms with Gasteiger partial charge < -0.3 is 4.90 Å². The van der Waals surface area contributed by atoms with Crippen molar-refractivity contribution in [2.75, 3.05) is 4.90 Å². The maximum Gasteiger partial charge on any atom is 0.0540 e. The van der Waals surface area contributed by atoms with Gasteiger partial charge in [-0.25, -0.2) is 0 Å². The first-order valence-corrected chi connectivity index (χ1v) is 26.1. The molecule has 1 unspecified atom stereocenters. The minimum Gasteiger partial charge on any atom is -0.310 e. The van der Waals surface area contributed by atoms with Gasteiger partial charge in [-0.1, -0.05) is 249 Å². The molecule has 1 aliphatic carbocycles. The molecule has 0 aromatic heterocycles. The summed E-state index contributed by atoms with van der Waals surface area (Å²) >= 11 is 0. The second kappa shape index (κ2) is 18.2. The second-order valence-corrected chi connectivity index (χ2v) is 20.1. The van der Waals surface area contributed by atoms with Crippen molar-refractivity contribution >= 4 is 49.4 Å². The third-order valence-electron chi connectivity index (χ3n) is 15.9. The summed E-state index contributed by atoms with van der Waals surface area (Å²) in [5.41, 5.74) is 21.4. The summed E-state index contributed by atoms with van der Waals surface area (Å²) in [7, 11) is 0. The van der Waals surface area contributed by atoms with Gasteiger partial charge in [0.15, 0.2) is 0 Å². The van der Waals surface area contributed by atoms with E-state index in [1.54, 1.807) is 0 Å². The van der Waals surface area contributed by atoms with Crippen molar-refractivity contribution in [3.05, 3.63) is 308 Å². The van der Waals surface area contributed by atoms with Crippen molar-refractivity contribution < 1.29 is 0 Å². The quantitative estimate of drug-likeness (QED) is 0.130. The van der Waals surface area contributed by atoms with E-state index in [0.717, 1.165) is 28.2 Å². The zero-order chi connectivity index (χ0) is 49.9. The monoisotopic (exact) mass is 953 g/mol. The maximum absolute atomic E-state index is 2.47. The van der Waals surface area contributed by atoms with Crippen LogP contribution in [0, 0.1) is 0 Å². The Hall–Kier alpha value is -9.56. The Labute approximate surface area is 438 Å². The molecule has 0 saturated heterocycles. The minimum atomic E-state index is -0.301. The Morgan fingerprint density at radius 1 is 0.267 bits per heavy atom. The van der Waals surface area contributed by atoms with Crippen molar-refractivity contribution in [1.82, 2.24) is 0 Å². The molecule has 0 amide bonds. The smallest absolute Gasteiger partial charge is 0.0540 e. The van der Waals surface area contributed by atoms with Gasteiger partial charge in [0.1, 0.15) is 0 Å². The first kappa shape index (κ1) is 44.2. The summed E-state index contributed by atoms with van der Waals surface area (Å²) in [5, 5.41) is 7.47. The van der Waals surface area contributed by atoms with Crippen molar-refractivity contribution in [2.45, 2.75) is 12.3 Å². The molecule has 1 nitrogen and oxygen atoms in total. The van der Waals surface area contributed by atoms with Crippen LogP contribution in [0.1, 0.15) is 23.6 Å². The normalized spacial score (nSPS) is 13.7. The highest BCUT2D eigenvalue weighted by Crippen LogP contribution is 2.55. The first-order valence-electron chi connectivity index (χ1n) is 26.1. The van der Waals surface area contributed by atoms with Crippen LogP contribution in [0.15, 0.2) is 291 Å². The van der Waals surface area contributed by atoms with Gasteiger partial charge in [0.2, 0.25) is 0 Å².